The third-order valence-electron chi connectivity index (χ3n) is 9.70. The van der Waals surface area contributed by atoms with Crippen molar-refractivity contribution in [3.63, 3.8) is 0 Å². The van der Waals surface area contributed by atoms with Crippen LogP contribution in [0.2, 0.25) is 5.02 Å². The fourth-order valence-corrected chi connectivity index (χ4v) is 7.65. The molecule has 2 atom stereocenters. The zero-order chi connectivity index (χ0) is 29.1. The summed E-state index contributed by atoms with van der Waals surface area (Å²) in [6, 6.07) is 21.7. The van der Waals surface area contributed by atoms with Gasteiger partial charge in [-0.1, -0.05) is 60.1 Å². The maximum absolute atomic E-state index is 13.7. The summed E-state index contributed by atoms with van der Waals surface area (Å²) in [5.41, 5.74) is 3.02. The number of carbonyl (C=O) groups is 2. The van der Waals surface area contributed by atoms with Crippen LogP contribution in [0.3, 0.4) is 0 Å². The number of amides is 2. The predicted octanol–water partition coefficient (Wildman–Crippen LogP) is 5.88. The number of halogens is 1. The molecule has 2 bridgehead atoms. The standard InChI is InChI=1S/C35H43ClN4O2/c1-24-10-11-31(23-33(24)36)40(35(42)26-14-16-37-17-15-26)19-5-18-39-29-12-13-30(39)22-28(21-29)38-34(41)20-27-8-4-7-25-6-2-3-9-32(25)27/h2-4,6-11,23,26,28-30,37H,5,12-22H2,1H3,(H,38,41). The summed E-state index contributed by atoms with van der Waals surface area (Å²) in [4.78, 5) is 31.4. The van der Waals surface area contributed by atoms with Crippen LogP contribution in [0.1, 0.15) is 56.1 Å². The highest BCUT2D eigenvalue weighted by molar-refractivity contribution is 6.31. The van der Waals surface area contributed by atoms with Crippen molar-refractivity contribution < 1.29 is 9.59 Å². The van der Waals surface area contributed by atoms with Crippen LogP contribution < -0.4 is 15.5 Å². The van der Waals surface area contributed by atoms with Gasteiger partial charge in [-0.15, -0.1) is 0 Å². The Labute approximate surface area is 254 Å². The summed E-state index contributed by atoms with van der Waals surface area (Å²) in [6.45, 7) is 5.47. The molecule has 0 saturated carbocycles. The van der Waals surface area contributed by atoms with Crippen LogP contribution >= 0.6 is 11.6 Å². The van der Waals surface area contributed by atoms with Gasteiger partial charge < -0.3 is 15.5 Å². The van der Waals surface area contributed by atoms with Crippen molar-refractivity contribution in [1.82, 2.24) is 15.5 Å². The quantitative estimate of drug-likeness (QED) is 0.329. The van der Waals surface area contributed by atoms with Crippen molar-refractivity contribution in [3.8, 4) is 0 Å². The molecule has 42 heavy (non-hydrogen) atoms. The first-order chi connectivity index (χ1) is 20.5. The van der Waals surface area contributed by atoms with Crippen LogP contribution in [0.15, 0.2) is 60.7 Å². The van der Waals surface area contributed by atoms with Gasteiger partial charge in [0.2, 0.25) is 11.8 Å². The summed E-state index contributed by atoms with van der Waals surface area (Å²) in [5.74, 6) is 0.413. The first-order valence-electron chi connectivity index (χ1n) is 15.8. The topological polar surface area (TPSA) is 64.7 Å². The van der Waals surface area contributed by atoms with E-state index in [1.54, 1.807) is 0 Å². The van der Waals surface area contributed by atoms with Crippen LogP contribution in [0.25, 0.3) is 10.8 Å². The second kappa shape index (κ2) is 13.2. The Morgan fingerprint density at radius 2 is 1.71 bits per heavy atom. The number of carbonyl (C=O) groups excluding carboxylic acids is 2. The molecule has 3 aliphatic rings. The Kier molecular flexibility index (Phi) is 9.13. The molecule has 3 fully saturated rings. The third kappa shape index (κ3) is 6.51. The lowest BCUT2D eigenvalue weighted by atomic mass is 9.95. The van der Waals surface area contributed by atoms with E-state index in [2.05, 4.69) is 39.8 Å². The minimum Gasteiger partial charge on any atom is -0.353 e. The second-order valence-electron chi connectivity index (χ2n) is 12.5. The van der Waals surface area contributed by atoms with Crippen LogP contribution in [0.4, 0.5) is 5.69 Å². The van der Waals surface area contributed by atoms with E-state index in [9.17, 15) is 9.59 Å². The predicted molar refractivity (Wildman–Crippen MR) is 171 cm³/mol. The number of aryl methyl sites for hydroxylation is 1. The molecule has 0 radical (unpaired) electrons. The van der Waals surface area contributed by atoms with Crippen molar-refractivity contribution in [2.24, 2.45) is 5.92 Å². The van der Waals surface area contributed by atoms with Crippen LogP contribution in [-0.2, 0) is 16.0 Å². The minimum atomic E-state index is 0.0655. The molecule has 2 amide bonds. The fourth-order valence-electron chi connectivity index (χ4n) is 7.47. The van der Waals surface area contributed by atoms with E-state index in [0.717, 1.165) is 73.9 Å². The number of benzene rings is 3. The minimum absolute atomic E-state index is 0.0655. The van der Waals surface area contributed by atoms with Crippen molar-refractivity contribution >= 4 is 39.9 Å². The number of hydrogen-bond donors (Lipinski definition) is 2. The highest BCUT2D eigenvalue weighted by Gasteiger charge is 2.40. The molecule has 7 heteroatoms. The molecule has 0 spiro atoms. The van der Waals surface area contributed by atoms with Gasteiger partial charge in [-0.05, 0) is 99.0 Å². The lowest BCUT2D eigenvalue weighted by Crippen LogP contribution is -2.51. The number of hydrogen-bond acceptors (Lipinski definition) is 4. The van der Waals surface area contributed by atoms with Crippen LogP contribution in [-0.4, -0.2) is 61.0 Å². The highest BCUT2D eigenvalue weighted by Crippen LogP contribution is 2.36. The van der Waals surface area contributed by atoms with Gasteiger partial charge in [-0.25, -0.2) is 0 Å². The molecule has 3 saturated heterocycles. The lowest BCUT2D eigenvalue weighted by molar-refractivity contribution is -0.123. The number of anilines is 1. The van der Waals surface area contributed by atoms with E-state index in [1.807, 2.05) is 48.2 Å². The molecule has 0 aromatic heterocycles. The number of nitrogens with one attached hydrogen (secondary N) is 2. The largest absolute Gasteiger partial charge is 0.353 e. The van der Waals surface area contributed by atoms with E-state index in [0.29, 0.717) is 30.1 Å². The molecule has 6 rings (SSSR count). The van der Waals surface area contributed by atoms with Gasteiger partial charge in [-0.3, -0.25) is 14.5 Å². The molecular formula is C35H43ClN4O2. The van der Waals surface area contributed by atoms with Crippen LogP contribution in [0.5, 0.6) is 0 Å². The molecule has 2 N–H and O–H groups in total. The third-order valence-corrected chi connectivity index (χ3v) is 10.1. The summed E-state index contributed by atoms with van der Waals surface area (Å²) in [6.07, 6.45) is 7.50. The van der Waals surface area contributed by atoms with Gasteiger partial charge in [0.05, 0.1) is 6.42 Å². The van der Waals surface area contributed by atoms with E-state index >= 15 is 0 Å². The molecule has 3 aromatic rings. The van der Waals surface area contributed by atoms with Crippen molar-refractivity contribution in [3.05, 3.63) is 76.8 Å². The summed E-state index contributed by atoms with van der Waals surface area (Å²) >= 11 is 6.49. The Hall–Kier alpha value is -2.93. The molecule has 222 valence electrons. The van der Waals surface area contributed by atoms with Gasteiger partial charge in [-0.2, -0.15) is 0 Å². The van der Waals surface area contributed by atoms with Crippen molar-refractivity contribution in [2.75, 3.05) is 31.1 Å². The van der Waals surface area contributed by atoms with Gasteiger partial charge >= 0.3 is 0 Å². The zero-order valence-electron chi connectivity index (χ0n) is 24.7. The zero-order valence-corrected chi connectivity index (χ0v) is 25.4. The Morgan fingerprint density at radius 3 is 2.48 bits per heavy atom. The van der Waals surface area contributed by atoms with Crippen LogP contribution in [0, 0.1) is 12.8 Å². The average molecular weight is 587 g/mol. The van der Waals surface area contributed by atoms with Gasteiger partial charge in [0, 0.05) is 47.8 Å². The Bertz CT molecular complexity index is 1400. The van der Waals surface area contributed by atoms with E-state index in [-0.39, 0.29) is 23.8 Å². The number of piperidine rings is 2. The Balaban J connectivity index is 1.05. The molecular weight excluding hydrogens is 544 g/mol. The SMILES string of the molecule is Cc1ccc(N(CCCN2C3CCC2CC(NC(=O)Cc2cccc4ccccc24)C3)C(=O)C2CCNCC2)cc1Cl. The summed E-state index contributed by atoms with van der Waals surface area (Å²) in [5, 5.41) is 9.79. The first kappa shape index (κ1) is 29.2. The second-order valence-corrected chi connectivity index (χ2v) is 12.9. The molecule has 3 heterocycles. The van der Waals surface area contributed by atoms with E-state index in [4.69, 9.17) is 11.6 Å². The molecule has 6 nitrogen and oxygen atoms in total. The number of rotatable bonds is 9. The normalized spacial score (nSPS) is 22.8. The summed E-state index contributed by atoms with van der Waals surface area (Å²) in [7, 11) is 0. The van der Waals surface area contributed by atoms with Gasteiger partial charge in [0.25, 0.3) is 0 Å². The Morgan fingerprint density at radius 1 is 0.976 bits per heavy atom. The molecule has 3 aliphatic heterocycles. The van der Waals surface area contributed by atoms with Gasteiger partial charge in [0.1, 0.15) is 0 Å². The van der Waals surface area contributed by atoms with Gasteiger partial charge in [0.15, 0.2) is 0 Å². The lowest BCUT2D eigenvalue weighted by Gasteiger charge is -2.39. The monoisotopic (exact) mass is 586 g/mol. The molecule has 0 aliphatic carbocycles. The number of nitrogens with zero attached hydrogens (tertiary/aromatic N) is 2. The summed E-state index contributed by atoms with van der Waals surface area (Å²) < 4.78 is 0. The van der Waals surface area contributed by atoms with E-state index in [1.165, 1.54) is 18.2 Å². The maximum atomic E-state index is 13.7. The average Bonchev–Trinajstić information content (AvgIpc) is 3.24. The maximum Gasteiger partial charge on any atom is 0.230 e. The molecule has 2 unspecified atom stereocenters. The van der Waals surface area contributed by atoms with Crippen molar-refractivity contribution in [2.45, 2.75) is 76.4 Å². The number of fused-ring (bicyclic) bond motifs is 3. The van der Waals surface area contributed by atoms with E-state index < -0.39 is 0 Å². The van der Waals surface area contributed by atoms with Crippen molar-refractivity contribution in [1.29, 1.82) is 0 Å². The fraction of sp³-hybridized carbons (Fsp3) is 0.486. The smallest absolute Gasteiger partial charge is 0.230 e. The first-order valence-corrected chi connectivity index (χ1v) is 16.1. The molecule has 3 aromatic carbocycles. The highest BCUT2D eigenvalue weighted by atomic mass is 35.5.